The summed E-state index contributed by atoms with van der Waals surface area (Å²) in [6.07, 6.45) is 4.07. The Kier molecular flexibility index (Phi) is 3.34. The molecule has 0 aromatic rings. The highest BCUT2D eigenvalue weighted by atomic mass is 16.6. The van der Waals surface area contributed by atoms with E-state index in [2.05, 4.69) is 11.7 Å². The molecule has 1 N–H and O–H groups in total. The first kappa shape index (κ1) is 10.1. The average Bonchev–Trinajstić information content (AvgIpc) is 2.32. The smallest absolute Gasteiger partial charge is 0.321 e. The zero-order valence-corrected chi connectivity index (χ0v) is 8.17. The van der Waals surface area contributed by atoms with Gasteiger partial charge in [0.1, 0.15) is 0 Å². The van der Waals surface area contributed by atoms with E-state index in [0.717, 1.165) is 25.7 Å². The number of hydrogen-bond donors (Lipinski definition) is 1. The SMILES string of the molecule is CCCCC[C@H]1C(=O)OC(O)=C1C. The maximum absolute atomic E-state index is 11.2. The lowest BCUT2D eigenvalue weighted by Crippen LogP contribution is -2.10. The van der Waals surface area contributed by atoms with Crippen LogP contribution in [0.25, 0.3) is 0 Å². The Bertz CT molecular complexity index is 230. The number of cyclic esters (lactones) is 1. The summed E-state index contributed by atoms with van der Waals surface area (Å²) in [6.45, 7) is 3.87. The number of ether oxygens (including phenoxy) is 1. The lowest BCUT2D eigenvalue weighted by molar-refractivity contribution is -0.143. The minimum Gasteiger partial charge on any atom is -0.481 e. The molecule has 1 aliphatic heterocycles. The average molecular weight is 184 g/mol. The monoisotopic (exact) mass is 184 g/mol. The van der Waals surface area contributed by atoms with Crippen LogP contribution in [0.1, 0.15) is 39.5 Å². The molecule has 0 aromatic carbocycles. The van der Waals surface area contributed by atoms with Crippen molar-refractivity contribution >= 4 is 5.97 Å². The standard InChI is InChI=1S/C10H16O3/c1-3-4-5-6-8-7(2)9(11)13-10(8)12/h8,11H,3-6H2,1-2H3/t8-/m1/s1. The van der Waals surface area contributed by atoms with Gasteiger partial charge in [0.25, 0.3) is 5.95 Å². The molecule has 0 saturated carbocycles. The lowest BCUT2D eigenvalue weighted by Gasteiger charge is -2.05. The van der Waals surface area contributed by atoms with Crippen LogP contribution in [0.5, 0.6) is 0 Å². The van der Waals surface area contributed by atoms with Gasteiger partial charge in [-0.1, -0.05) is 26.2 Å². The van der Waals surface area contributed by atoms with Gasteiger partial charge in [-0.05, 0) is 13.3 Å². The van der Waals surface area contributed by atoms with Crippen LogP contribution < -0.4 is 0 Å². The zero-order chi connectivity index (χ0) is 9.84. The van der Waals surface area contributed by atoms with Crippen LogP contribution >= 0.6 is 0 Å². The third-order valence-corrected chi connectivity index (χ3v) is 2.44. The summed E-state index contributed by atoms with van der Waals surface area (Å²) in [5.74, 6) is -0.691. The topological polar surface area (TPSA) is 46.5 Å². The minimum atomic E-state index is -0.300. The predicted octanol–water partition coefficient (Wildman–Crippen LogP) is 2.53. The predicted molar refractivity (Wildman–Crippen MR) is 49.1 cm³/mol. The van der Waals surface area contributed by atoms with Gasteiger partial charge in [-0.25, -0.2) is 0 Å². The Labute approximate surface area is 78.4 Å². The number of carbonyl (C=O) groups excluding carboxylic acids is 1. The molecule has 0 amide bonds. The van der Waals surface area contributed by atoms with Gasteiger partial charge in [0.15, 0.2) is 0 Å². The normalized spacial score (nSPS) is 22.3. The largest absolute Gasteiger partial charge is 0.481 e. The second-order valence-corrected chi connectivity index (χ2v) is 3.46. The Balaban J connectivity index is 2.45. The van der Waals surface area contributed by atoms with E-state index in [0.29, 0.717) is 5.57 Å². The van der Waals surface area contributed by atoms with Crippen LogP contribution in [-0.4, -0.2) is 11.1 Å². The first-order valence-corrected chi connectivity index (χ1v) is 4.78. The van der Waals surface area contributed by atoms with Crippen molar-refractivity contribution in [3.05, 3.63) is 11.5 Å². The van der Waals surface area contributed by atoms with Crippen LogP contribution in [0.3, 0.4) is 0 Å². The van der Waals surface area contributed by atoms with Gasteiger partial charge in [-0.3, -0.25) is 4.79 Å². The van der Waals surface area contributed by atoms with Crippen molar-refractivity contribution in [2.24, 2.45) is 5.92 Å². The molecule has 0 saturated heterocycles. The third-order valence-electron chi connectivity index (χ3n) is 2.44. The molecule has 0 unspecified atom stereocenters. The highest BCUT2D eigenvalue weighted by Gasteiger charge is 2.32. The third kappa shape index (κ3) is 2.23. The maximum atomic E-state index is 11.2. The molecule has 0 radical (unpaired) electrons. The molecule has 0 spiro atoms. The summed E-state index contributed by atoms with van der Waals surface area (Å²) in [7, 11) is 0. The second kappa shape index (κ2) is 4.30. The molecule has 3 heteroatoms. The van der Waals surface area contributed by atoms with E-state index >= 15 is 0 Å². The van der Waals surface area contributed by atoms with Gasteiger partial charge in [0.05, 0.1) is 5.92 Å². The van der Waals surface area contributed by atoms with Crippen LogP contribution in [0.4, 0.5) is 0 Å². The van der Waals surface area contributed by atoms with Crippen LogP contribution in [0.15, 0.2) is 11.5 Å². The van der Waals surface area contributed by atoms with Crippen molar-refractivity contribution in [3.63, 3.8) is 0 Å². The van der Waals surface area contributed by atoms with Crippen LogP contribution in [-0.2, 0) is 9.53 Å². The number of carbonyl (C=O) groups is 1. The summed E-state index contributed by atoms with van der Waals surface area (Å²) < 4.78 is 4.61. The summed E-state index contributed by atoms with van der Waals surface area (Å²) in [5, 5.41) is 9.13. The van der Waals surface area contributed by atoms with E-state index in [4.69, 9.17) is 5.11 Å². The van der Waals surface area contributed by atoms with Gasteiger partial charge in [-0.2, -0.15) is 0 Å². The molecular formula is C10H16O3. The fourth-order valence-corrected chi connectivity index (χ4v) is 1.51. The Hall–Kier alpha value is -0.990. The van der Waals surface area contributed by atoms with E-state index in [-0.39, 0.29) is 17.8 Å². The molecule has 0 aliphatic carbocycles. The van der Waals surface area contributed by atoms with Crippen molar-refractivity contribution < 1.29 is 14.6 Å². The lowest BCUT2D eigenvalue weighted by atomic mass is 9.96. The molecule has 1 atom stereocenters. The van der Waals surface area contributed by atoms with Gasteiger partial charge < -0.3 is 9.84 Å². The zero-order valence-electron chi connectivity index (χ0n) is 8.17. The first-order chi connectivity index (χ1) is 6.16. The number of rotatable bonds is 4. The Morgan fingerprint density at radius 1 is 1.46 bits per heavy atom. The Morgan fingerprint density at radius 2 is 2.15 bits per heavy atom. The quantitative estimate of drug-likeness (QED) is 0.539. The fraction of sp³-hybridized carbons (Fsp3) is 0.700. The van der Waals surface area contributed by atoms with Crippen molar-refractivity contribution in [2.45, 2.75) is 39.5 Å². The number of unbranched alkanes of at least 4 members (excludes halogenated alkanes) is 2. The summed E-state index contributed by atoms with van der Waals surface area (Å²) in [6, 6.07) is 0. The molecule has 74 valence electrons. The highest BCUT2D eigenvalue weighted by Crippen LogP contribution is 2.28. The number of esters is 1. The highest BCUT2D eigenvalue weighted by molar-refractivity contribution is 5.79. The second-order valence-electron chi connectivity index (χ2n) is 3.46. The van der Waals surface area contributed by atoms with Crippen molar-refractivity contribution in [3.8, 4) is 0 Å². The summed E-state index contributed by atoms with van der Waals surface area (Å²) in [4.78, 5) is 11.2. The van der Waals surface area contributed by atoms with Crippen LogP contribution in [0.2, 0.25) is 0 Å². The van der Waals surface area contributed by atoms with Gasteiger partial charge in [0, 0.05) is 5.57 Å². The molecule has 1 heterocycles. The van der Waals surface area contributed by atoms with Crippen molar-refractivity contribution in [1.29, 1.82) is 0 Å². The first-order valence-electron chi connectivity index (χ1n) is 4.78. The molecule has 1 rings (SSSR count). The number of aliphatic hydroxyl groups excluding tert-OH is 1. The fourth-order valence-electron chi connectivity index (χ4n) is 1.51. The van der Waals surface area contributed by atoms with E-state index in [9.17, 15) is 4.79 Å². The molecule has 0 fully saturated rings. The molecular weight excluding hydrogens is 168 g/mol. The van der Waals surface area contributed by atoms with E-state index in [1.54, 1.807) is 6.92 Å². The van der Waals surface area contributed by atoms with Crippen LogP contribution in [0, 0.1) is 5.92 Å². The molecule has 13 heavy (non-hydrogen) atoms. The number of aliphatic hydroxyl groups is 1. The van der Waals surface area contributed by atoms with Gasteiger partial charge in [-0.15, -0.1) is 0 Å². The molecule has 1 aliphatic rings. The minimum absolute atomic E-state index is 0.188. The summed E-state index contributed by atoms with van der Waals surface area (Å²) >= 11 is 0. The van der Waals surface area contributed by atoms with E-state index < -0.39 is 0 Å². The van der Waals surface area contributed by atoms with Crippen molar-refractivity contribution in [2.75, 3.05) is 0 Å². The number of hydrogen-bond acceptors (Lipinski definition) is 3. The van der Waals surface area contributed by atoms with Gasteiger partial charge >= 0.3 is 5.97 Å². The van der Waals surface area contributed by atoms with Crippen molar-refractivity contribution in [1.82, 2.24) is 0 Å². The summed E-state index contributed by atoms with van der Waals surface area (Å²) in [5.41, 5.74) is 0.682. The maximum Gasteiger partial charge on any atom is 0.321 e. The van der Waals surface area contributed by atoms with Gasteiger partial charge in [0.2, 0.25) is 0 Å². The molecule has 0 bridgehead atoms. The Morgan fingerprint density at radius 3 is 2.62 bits per heavy atom. The molecule has 3 nitrogen and oxygen atoms in total. The molecule has 0 aromatic heterocycles. The van der Waals surface area contributed by atoms with E-state index in [1.165, 1.54) is 0 Å². The van der Waals surface area contributed by atoms with E-state index in [1.807, 2.05) is 0 Å².